The first-order chi connectivity index (χ1) is 9.94. The Labute approximate surface area is 129 Å². The van der Waals surface area contributed by atoms with Gasteiger partial charge in [-0.2, -0.15) is 0 Å². The average Bonchev–Trinajstić information content (AvgIpc) is 2.37. The van der Waals surface area contributed by atoms with E-state index >= 15 is 0 Å². The summed E-state index contributed by atoms with van der Waals surface area (Å²) in [7, 11) is 0. The van der Waals surface area contributed by atoms with Crippen molar-refractivity contribution in [2.45, 2.75) is 38.1 Å². The first-order valence-corrected chi connectivity index (χ1v) is 7.68. The third kappa shape index (κ3) is 4.56. The molecule has 5 heteroatoms. The predicted molar refractivity (Wildman–Crippen MR) is 86.6 cm³/mol. The van der Waals surface area contributed by atoms with Crippen LogP contribution in [0.1, 0.15) is 23.9 Å². The Kier molecular flexibility index (Phi) is 4.96. The van der Waals surface area contributed by atoms with E-state index in [0.717, 1.165) is 22.6 Å². The van der Waals surface area contributed by atoms with Crippen LogP contribution in [0, 0.1) is 20.8 Å². The molecule has 1 atom stereocenters. The van der Waals surface area contributed by atoms with E-state index in [2.05, 4.69) is 15.3 Å². The zero-order valence-electron chi connectivity index (χ0n) is 12.7. The zero-order chi connectivity index (χ0) is 15.4. The van der Waals surface area contributed by atoms with Gasteiger partial charge in [-0.1, -0.05) is 23.9 Å². The quantitative estimate of drug-likeness (QED) is 0.693. The van der Waals surface area contributed by atoms with Gasteiger partial charge >= 0.3 is 0 Å². The minimum atomic E-state index is -0.258. The van der Waals surface area contributed by atoms with E-state index in [-0.39, 0.29) is 11.2 Å². The number of nitrogens with one attached hydrogen (secondary N) is 1. The van der Waals surface area contributed by atoms with Crippen LogP contribution >= 0.6 is 11.8 Å². The number of aromatic nitrogens is 2. The fourth-order valence-corrected chi connectivity index (χ4v) is 2.80. The van der Waals surface area contributed by atoms with Crippen LogP contribution in [-0.4, -0.2) is 21.1 Å². The highest BCUT2D eigenvalue weighted by Gasteiger charge is 2.16. The van der Waals surface area contributed by atoms with Crippen LogP contribution in [0.15, 0.2) is 35.5 Å². The zero-order valence-corrected chi connectivity index (χ0v) is 13.5. The number of amides is 1. The second-order valence-electron chi connectivity index (χ2n) is 5.05. The summed E-state index contributed by atoms with van der Waals surface area (Å²) in [5, 5.41) is 3.30. The van der Waals surface area contributed by atoms with Crippen LogP contribution in [0.4, 0.5) is 5.69 Å². The van der Waals surface area contributed by atoms with Crippen molar-refractivity contribution in [3.63, 3.8) is 0 Å². The lowest BCUT2D eigenvalue weighted by Crippen LogP contribution is -2.22. The van der Waals surface area contributed by atoms with Crippen molar-refractivity contribution >= 4 is 23.4 Å². The van der Waals surface area contributed by atoms with Gasteiger partial charge in [0.15, 0.2) is 5.16 Å². The molecule has 0 aliphatic carbocycles. The molecule has 1 aromatic carbocycles. The largest absolute Gasteiger partial charge is 0.325 e. The minimum Gasteiger partial charge on any atom is -0.325 e. The van der Waals surface area contributed by atoms with Gasteiger partial charge in [-0.3, -0.25) is 4.79 Å². The van der Waals surface area contributed by atoms with E-state index in [0.29, 0.717) is 5.16 Å². The average molecular weight is 301 g/mol. The van der Waals surface area contributed by atoms with Crippen molar-refractivity contribution in [1.29, 1.82) is 0 Å². The predicted octanol–water partition coefficient (Wildman–Crippen LogP) is 3.52. The number of hydrogen-bond acceptors (Lipinski definition) is 4. The van der Waals surface area contributed by atoms with Crippen LogP contribution in [0.2, 0.25) is 0 Å². The van der Waals surface area contributed by atoms with Crippen molar-refractivity contribution in [1.82, 2.24) is 9.97 Å². The summed E-state index contributed by atoms with van der Waals surface area (Å²) in [5.41, 5.74) is 3.76. The lowest BCUT2D eigenvalue weighted by Gasteiger charge is -2.12. The van der Waals surface area contributed by atoms with E-state index in [4.69, 9.17) is 0 Å². The maximum Gasteiger partial charge on any atom is 0.237 e. The number of aryl methyl sites for hydroxylation is 3. The van der Waals surface area contributed by atoms with Gasteiger partial charge in [-0.15, -0.1) is 0 Å². The molecule has 110 valence electrons. The summed E-state index contributed by atoms with van der Waals surface area (Å²) < 4.78 is 0. The number of carbonyl (C=O) groups excluding carboxylic acids is 1. The molecule has 1 aromatic heterocycles. The van der Waals surface area contributed by atoms with Gasteiger partial charge in [0, 0.05) is 17.1 Å². The molecular formula is C16H19N3OS. The summed E-state index contributed by atoms with van der Waals surface area (Å²) >= 11 is 1.37. The number of benzene rings is 1. The Balaban J connectivity index is 2.02. The summed E-state index contributed by atoms with van der Waals surface area (Å²) in [5.74, 6) is -0.0478. The Morgan fingerprint density at radius 2 is 1.81 bits per heavy atom. The summed E-state index contributed by atoms with van der Waals surface area (Å²) in [6.45, 7) is 7.71. The monoisotopic (exact) mass is 301 g/mol. The summed E-state index contributed by atoms with van der Waals surface area (Å²) in [6.07, 6.45) is 0. The molecule has 0 spiro atoms. The second kappa shape index (κ2) is 6.72. The molecule has 0 radical (unpaired) electrons. The highest BCUT2D eigenvalue weighted by molar-refractivity contribution is 8.00. The molecule has 1 amide bonds. The van der Waals surface area contributed by atoms with Crippen molar-refractivity contribution in [2.24, 2.45) is 0 Å². The molecule has 1 N–H and O–H groups in total. The number of nitrogens with zero attached hydrogens (tertiary/aromatic N) is 2. The number of carbonyl (C=O) groups is 1. The maximum atomic E-state index is 12.2. The Morgan fingerprint density at radius 1 is 1.14 bits per heavy atom. The van der Waals surface area contributed by atoms with Crippen molar-refractivity contribution in [3.05, 3.63) is 47.3 Å². The van der Waals surface area contributed by atoms with Gasteiger partial charge in [-0.05, 0) is 51.5 Å². The van der Waals surface area contributed by atoms with Gasteiger partial charge < -0.3 is 5.32 Å². The van der Waals surface area contributed by atoms with Crippen LogP contribution in [0.5, 0.6) is 0 Å². The Bertz CT molecular complexity index is 637. The molecule has 0 bridgehead atoms. The molecule has 0 aliphatic heterocycles. The van der Waals surface area contributed by atoms with Gasteiger partial charge in [0.2, 0.25) is 5.91 Å². The molecule has 0 unspecified atom stereocenters. The van der Waals surface area contributed by atoms with E-state index in [1.54, 1.807) is 0 Å². The van der Waals surface area contributed by atoms with Gasteiger partial charge in [0.1, 0.15) is 0 Å². The molecule has 4 nitrogen and oxygen atoms in total. The van der Waals surface area contributed by atoms with Crippen LogP contribution in [0.3, 0.4) is 0 Å². The first-order valence-electron chi connectivity index (χ1n) is 6.80. The smallest absolute Gasteiger partial charge is 0.237 e. The second-order valence-corrected chi connectivity index (χ2v) is 6.36. The third-order valence-electron chi connectivity index (χ3n) is 2.90. The molecule has 2 rings (SSSR count). The molecular weight excluding hydrogens is 282 g/mol. The molecule has 2 aromatic rings. The van der Waals surface area contributed by atoms with Crippen molar-refractivity contribution < 1.29 is 4.79 Å². The molecule has 21 heavy (non-hydrogen) atoms. The molecule has 0 aliphatic rings. The van der Waals surface area contributed by atoms with Gasteiger partial charge in [0.25, 0.3) is 0 Å². The van der Waals surface area contributed by atoms with Crippen molar-refractivity contribution in [2.75, 3.05) is 5.32 Å². The van der Waals surface area contributed by atoms with Crippen LogP contribution in [0.25, 0.3) is 0 Å². The fourth-order valence-electron chi connectivity index (χ4n) is 1.92. The van der Waals surface area contributed by atoms with E-state index in [9.17, 15) is 4.79 Å². The molecule has 0 saturated heterocycles. The fraction of sp³-hybridized carbons (Fsp3) is 0.312. The topological polar surface area (TPSA) is 54.9 Å². The number of hydrogen-bond donors (Lipinski definition) is 1. The normalized spacial score (nSPS) is 12.0. The maximum absolute atomic E-state index is 12.2. The highest BCUT2D eigenvalue weighted by atomic mass is 32.2. The third-order valence-corrected chi connectivity index (χ3v) is 3.86. The summed E-state index contributed by atoms with van der Waals surface area (Å²) in [4.78, 5) is 20.9. The van der Waals surface area contributed by atoms with Gasteiger partial charge in [-0.25, -0.2) is 9.97 Å². The number of thioether (sulfide) groups is 1. The molecule has 1 heterocycles. The van der Waals surface area contributed by atoms with Crippen molar-refractivity contribution in [3.8, 4) is 0 Å². The van der Waals surface area contributed by atoms with Crippen LogP contribution in [-0.2, 0) is 4.79 Å². The van der Waals surface area contributed by atoms with E-state index < -0.39 is 0 Å². The first kappa shape index (κ1) is 15.5. The van der Waals surface area contributed by atoms with Gasteiger partial charge in [0.05, 0.1) is 5.25 Å². The number of anilines is 1. The van der Waals surface area contributed by atoms with Crippen LogP contribution < -0.4 is 5.32 Å². The SMILES string of the molecule is Cc1cccc(NC(=O)[C@@H](C)Sc2nc(C)cc(C)n2)c1. The molecule has 0 fully saturated rings. The Morgan fingerprint density at radius 3 is 2.43 bits per heavy atom. The lowest BCUT2D eigenvalue weighted by molar-refractivity contribution is -0.115. The Hall–Kier alpha value is -1.88. The highest BCUT2D eigenvalue weighted by Crippen LogP contribution is 2.21. The molecule has 0 saturated carbocycles. The number of rotatable bonds is 4. The summed E-state index contributed by atoms with van der Waals surface area (Å²) in [6, 6.07) is 9.67. The standard InChI is InChI=1S/C16H19N3OS/c1-10-6-5-7-14(8-10)19-15(20)13(4)21-16-17-11(2)9-12(3)18-16/h5-9,13H,1-4H3,(H,19,20)/t13-/m1/s1. The van der Waals surface area contributed by atoms with E-state index in [1.165, 1.54) is 11.8 Å². The lowest BCUT2D eigenvalue weighted by atomic mass is 10.2. The van der Waals surface area contributed by atoms with E-state index in [1.807, 2.05) is 58.0 Å². The minimum absolute atomic E-state index is 0.0478.